The van der Waals surface area contributed by atoms with Crippen LogP contribution in [0.2, 0.25) is 0 Å². The van der Waals surface area contributed by atoms with E-state index in [1.807, 2.05) is 0 Å². The Morgan fingerprint density at radius 1 is 0.450 bits per heavy atom. The Morgan fingerprint density at radius 3 is 0.925 bits per heavy atom. The summed E-state index contributed by atoms with van der Waals surface area (Å²) in [6.07, 6.45) is -73.8. The minimum absolute atomic E-state index is 2.28. The van der Waals surface area contributed by atoms with Crippen molar-refractivity contribution in [1.82, 2.24) is 0 Å². The Bertz CT molecular complexity index is 796. The maximum Gasteiger partial charge on any atom is 0.423 e. The third-order valence-electron chi connectivity index (χ3n) is 4.49. The highest BCUT2D eigenvalue weighted by atomic mass is 19.4. The van der Waals surface area contributed by atoms with Crippen LogP contribution in [0.1, 0.15) is 0 Å². The van der Waals surface area contributed by atoms with Gasteiger partial charge in [0.1, 0.15) is 0 Å². The lowest BCUT2D eigenvalue weighted by Crippen LogP contribution is -2.66. The van der Waals surface area contributed by atoms with Crippen molar-refractivity contribution in [3.05, 3.63) is 0 Å². The molecule has 0 aromatic heterocycles. The van der Waals surface area contributed by atoms with Crippen LogP contribution < -0.4 is 0 Å². The van der Waals surface area contributed by atoms with Crippen molar-refractivity contribution in [1.29, 1.82) is 0 Å². The van der Waals surface area contributed by atoms with E-state index in [1.54, 1.807) is 0 Å². The van der Waals surface area contributed by atoms with E-state index < -0.39 is 85.3 Å². The molecule has 0 N–H and O–H groups in total. The van der Waals surface area contributed by atoms with Gasteiger partial charge in [0, 0.05) is 0 Å². The molecular formula is C14H5F23O3. The minimum Gasteiger partial charge on any atom is -0.348 e. The first-order valence-electron chi connectivity index (χ1n) is 8.87. The molecule has 1 fully saturated rings. The fourth-order valence-corrected chi connectivity index (χ4v) is 2.90. The van der Waals surface area contributed by atoms with E-state index in [0.29, 0.717) is 0 Å². The lowest BCUT2D eigenvalue weighted by atomic mass is 10.1. The summed E-state index contributed by atoms with van der Waals surface area (Å²) < 4.78 is 309. The smallest absolute Gasteiger partial charge is 0.348 e. The van der Waals surface area contributed by atoms with Crippen LogP contribution in [0.5, 0.6) is 0 Å². The highest BCUT2D eigenvalue weighted by molar-refractivity contribution is 5.18. The van der Waals surface area contributed by atoms with Crippen molar-refractivity contribution < 1.29 is 115 Å². The molecule has 1 saturated carbocycles. The molecule has 40 heavy (non-hydrogen) atoms. The van der Waals surface area contributed by atoms with E-state index in [4.69, 9.17) is 0 Å². The lowest BCUT2D eigenvalue weighted by molar-refractivity contribution is -0.467. The van der Waals surface area contributed by atoms with E-state index in [0.717, 1.165) is 0 Å². The summed E-state index contributed by atoms with van der Waals surface area (Å²) >= 11 is 0. The van der Waals surface area contributed by atoms with Crippen LogP contribution in [0.3, 0.4) is 0 Å². The molecule has 1 rings (SSSR count). The highest BCUT2D eigenvalue weighted by Gasteiger charge is 2.89. The molecule has 0 bridgehead atoms. The summed E-state index contributed by atoms with van der Waals surface area (Å²) in [6, 6.07) is 0. The van der Waals surface area contributed by atoms with Gasteiger partial charge in [0.05, 0.1) is 0 Å². The van der Waals surface area contributed by atoms with Gasteiger partial charge in [0.15, 0.2) is 12.3 Å². The molecule has 0 amide bonds. The zero-order chi connectivity index (χ0) is 32.5. The number of hydrogen-bond acceptors (Lipinski definition) is 3. The van der Waals surface area contributed by atoms with Gasteiger partial charge in [-0.3, -0.25) is 0 Å². The fourth-order valence-electron chi connectivity index (χ4n) is 2.90. The van der Waals surface area contributed by atoms with Gasteiger partial charge < -0.3 is 14.2 Å². The van der Waals surface area contributed by atoms with Crippen LogP contribution >= 0.6 is 0 Å². The van der Waals surface area contributed by atoms with Gasteiger partial charge in [-0.05, 0) is 0 Å². The lowest BCUT2D eigenvalue weighted by Gasteiger charge is -2.42. The molecule has 0 aromatic carbocycles. The molecule has 0 saturated heterocycles. The van der Waals surface area contributed by atoms with Gasteiger partial charge in [-0.15, -0.1) is 0 Å². The number of alkyl halides is 23. The summed E-state index contributed by atoms with van der Waals surface area (Å²) in [5, 5.41) is 0. The SMILES string of the molecule is F[C@H]1[C@@H](OC(C(F)(F)F)C(F)(F)F)C(F)(F)C(F)(F)C1(OC(C(F)(F)F)C(F)(F)F)OC(C(F)(F)F)C(F)(F)F. The van der Waals surface area contributed by atoms with Gasteiger partial charge in [-0.2, -0.15) is 96.6 Å². The quantitative estimate of drug-likeness (QED) is 0.223. The predicted octanol–water partition coefficient (Wildman–Crippen LogP) is 7.20. The first-order valence-corrected chi connectivity index (χ1v) is 8.87. The summed E-state index contributed by atoms with van der Waals surface area (Å²) in [7, 11) is 0. The van der Waals surface area contributed by atoms with Crippen LogP contribution in [0.15, 0.2) is 0 Å². The van der Waals surface area contributed by atoms with Crippen LogP contribution in [0, 0.1) is 0 Å². The van der Waals surface area contributed by atoms with Crippen LogP contribution in [0.25, 0.3) is 0 Å². The Morgan fingerprint density at radius 2 is 0.700 bits per heavy atom. The Hall–Kier alpha value is -1.73. The average Bonchev–Trinajstić information content (AvgIpc) is 2.71. The average molecular weight is 658 g/mol. The molecule has 1 aliphatic carbocycles. The van der Waals surface area contributed by atoms with E-state index in [-0.39, 0.29) is 0 Å². The summed E-state index contributed by atoms with van der Waals surface area (Å²) in [4.78, 5) is 0. The molecule has 1 aliphatic rings. The molecule has 0 radical (unpaired) electrons. The van der Waals surface area contributed by atoms with Gasteiger partial charge in [0.25, 0.3) is 18.0 Å². The maximum absolute atomic E-state index is 14.8. The minimum atomic E-state index is -7.80. The monoisotopic (exact) mass is 658 g/mol. The zero-order valence-electron chi connectivity index (χ0n) is 17.3. The van der Waals surface area contributed by atoms with Crippen molar-refractivity contribution in [2.45, 2.75) is 85.3 Å². The number of halogens is 23. The molecular weight excluding hydrogens is 653 g/mol. The molecule has 0 aliphatic heterocycles. The fraction of sp³-hybridized carbons (Fsp3) is 1.00. The molecule has 0 heterocycles. The molecule has 2 atom stereocenters. The van der Waals surface area contributed by atoms with Gasteiger partial charge in [-0.25, -0.2) is 4.39 Å². The first-order chi connectivity index (χ1) is 17.1. The Balaban J connectivity index is 4.10. The number of rotatable bonds is 6. The predicted molar refractivity (Wildman–Crippen MR) is 72.3 cm³/mol. The largest absolute Gasteiger partial charge is 0.423 e. The summed E-state index contributed by atoms with van der Waals surface area (Å²) in [5.41, 5.74) is 0. The summed E-state index contributed by atoms with van der Waals surface area (Å²) in [6.45, 7) is 0. The van der Waals surface area contributed by atoms with E-state index in [1.165, 1.54) is 0 Å². The van der Waals surface area contributed by atoms with E-state index >= 15 is 0 Å². The standard InChI is InChI=1S/C14H5F23O3/c15-1-2(38-3(8(18,19)20)9(21,22)23)6(16,17)14(36,37)7(1,39-4(10(24,25)26)11(27,28)29)40-5(12(30,31)32)13(33,34)35/h1-5H/t1-,2+/m0/s1. The van der Waals surface area contributed by atoms with Gasteiger partial charge in [0.2, 0.25) is 6.10 Å². The molecule has 3 nitrogen and oxygen atoms in total. The van der Waals surface area contributed by atoms with Crippen LogP contribution in [0.4, 0.5) is 101 Å². The highest BCUT2D eigenvalue weighted by Crippen LogP contribution is 2.62. The van der Waals surface area contributed by atoms with Crippen LogP contribution in [-0.2, 0) is 14.2 Å². The van der Waals surface area contributed by atoms with Crippen molar-refractivity contribution >= 4 is 0 Å². The topological polar surface area (TPSA) is 27.7 Å². The Kier molecular flexibility index (Phi) is 9.01. The van der Waals surface area contributed by atoms with E-state index in [9.17, 15) is 101 Å². The van der Waals surface area contributed by atoms with Crippen LogP contribution in [-0.4, -0.2) is 85.3 Å². The van der Waals surface area contributed by atoms with Gasteiger partial charge in [-0.1, -0.05) is 0 Å². The zero-order valence-corrected chi connectivity index (χ0v) is 17.3. The third-order valence-corrected chi connectivity index (χ3v) is 4.49. The van der Waals surface area contributed by atoms with Crippen molar-refractivity contribution in [3.63, 3.8) is 0 Å². The molecule has 0 spiro atoms. The maximum atomic E-state index is 14.8. The Labute approximate surface area is 202 Å². The molecule has 240 valence electrons. The van der Waals surface area contributed by atoms with Gasteiger partial charge >= 0.3 is 48.9 Å². The molecule has 0 aromatic rings. The molecule has 0 unspecified atom stereocenters. The van der Waals surface area contributed by atoms with Crippen molar-refractivity contribution in [3.8, 4) is 0 Å². The second-order valence-electron chi connectivity index (χ2n) is 7.45. The first kappa shape index (κ1) is 36.3. The summed E-state index contributed by atoms with van der Waals surface area (Å²) in [5.74, 6) is -22.4. The number of hydrogen-bond donors (Lipinski definition) is 0. The second-order valence-corrected chi connectivity index (χ2v) is 7.45. The van der Waals surface area contributed by atoms with E-state index in [2.05, 4.69) is 14.2 Å². The number of ether oxygens (including phenoxy) is 3. The normalized spacial score (nSPS) is 24.4. The second kappa shape index (κ2) is 9.93. The van der Waals surface area contributed by atoms with Crippen molar-refractivity contribution in [2.75, 3.05) is 0 Å². The van der Waals surface area contributed by atoms with Crippen molar-refractivity contribution in [2.24, 2.45) is 0 Å². The molecule has 26 heteroatoms. The third kappa shape index (κ3) is 6.67.